The second-order valence-electron chi connectivity index (χ2n) is 7.16. The zero-order chi connectivity index (χ0) is 21.1. The quantitative estimate of drug-likeness (QED) is 0.558. The smallest absolute Gasteiger partial charge is 0.262 e. The van der Waals surface area contributed by atoms with Crippen LogP contribution in [0.25, 0.3) is 17.4 Å². The monoisotopic (exact) mass is 427 g/mol. The SMILES string of the molecule is N#C/C(=C/c1ccc(-c2ccc(S(=O)(=O)N3CCOCC3)cc2)o1)C(=O)NC1CC1. The Bertz CT molecular complexity index is 1100. The summed E-state index contributed by atoms with van der Waals surface area (Å²) < 4.78 is 37.8. The fraction of sp³-hybridized carbons (Fsp3) is 0.333. The number of hydrogen-bond donors (Lipinski definition) is 1. The predicted molar refractivity (Wildman–Crippen MR) is 108 cm³/mol. The van der Waals surface area contributed by atoms with Crippen LogP contribution in [-0.2, 0) is 19.6 Å². The number of nitrogens with one attached hydrogen (secondary N) is 1. The summed E-state index contributed by atoms with van der Waals surface area (Å²) in [6.45, 7) is 1.47. The zero-order valence-corrected chi connectivity index (χ0v) is 17.0. The lowest BCUT2D eigenvalue weighted by Gasteiger charge is -2.26. The van der Waals surface area contributed by atoms with E-state index in [-0.39, 0.29) is 16.5 Å². The molecule has 4 rings (SSSR count). The van der Waals surface area contributed by atoms with E-state index in [1.165, 1.54) is 10.4 Å². The third-order valence-electron chi connectivity index (χ3n) is 4.94. The van der Waals surface area contributed by atoms with Gasteiger partial charge in [0.1, 0.15) is 23.2 Å². The minimum atomic E-state index is -3.56. The first-order valence-electron chi connectivity index (χ1n) is 9.68. The van der Waals surface area contributed by atoms with Crippen LogP contribution < -0.4 is 5.32 Å². The lowest BCUT2D eigenvalue weighted by atomic mass is 10.2. The molecular weight excluding hydrogens is 406 g/mol. The number of rotatable bonds is 6. The molecule has 2 aliphatic rings. The fourth-order valence-electron chi connectivity index (χ4n) is 3.09. The maximum absolute atomic E-state index is 12.7. The van der Waals surface area contributed by atoms with E-state index in [0.717, 1.165) is 12.8 Å². The summed E-state index contributed by atoms with van der Waals surface area (Å²) in [5, 5.41) is 12.0. The van der Waals surface area contributed by atoms with Gasteiger partial charge in [-0.3, -0.25) is 4.79 Å². The normalized spacial score (nSPS) is 18.0. The molecule has 2 heterocycles. The van der Waals surface area contributed by atoms with Gasteiger partial charge < -0.3 is 14.5 Å². The van der Waals surface area contributed by atoms with Crippen molar-refractivity contribution in [3.05, 3.63) is 47.7 Å². The van der Waals surface area contributed by atoms with Gasteiger partial charge in [-0.25, -0.2) is 8.42 Å². The Kier molecular flexibility index (Phi) is 5.72. The molecule has 0 atom stereocenters. The van der Waals surface area contributed by atoms with Crippen LogP contribution in [0.3, 0.4) is 0 Å². The lowest BCUT2D eigenvalue weighted by Crippen LogP contribution is -2.40. The summed E-state index contributed by atoms with van der Waals surface area (Å²) in [6.07, 6.45) is 3.28. The average molecular weight is 427 g/mol. The van der Waals surface area contributed by atoms with E-state index >= 15 is 0 Å². The summed E-state index contributed by atoms with van der Waals surface area (Å²) in [7, 11) is -3.56. The number of ether oxygens (including phenoxy) is 1. The van der Waals surface area contributed by atoms with E-state index in [1.54, 1.807) is 36.4 Å². The molecule has 1 aromatic carbocycles. The van der Waals surface area contributed by atoms with Gasteiger partial charge in [-0.1, -0.05) is 0 Å². The molecule has 30 heavy (non-hydrogen) atoms. The van der Waals surface area contributed by atoms with Gasteiger partial charge in [0.25, 0.3) is 5.91 Å². The van der Waals surface area contributed by atoms with Gasteiger partial charge in [0.2, 0.25) is 10.0 Å². The van der Waals surface area contributed by atoms with Crippen LogP contribution in [0.2, 0.25) is 0 Å². The van der Waals surface area contributed by atoms with Crippen molar-refractivity contribution < 1.29 is 22.4 Å². The molecule has 1 aliphatic heterocycles. The number of sulfonamides is 1. The Labute approximate surface area is 174 Å². The first kappa shape index (κ1) is 20.3. The van der Waals surface area contributed by atoms with Crippen molar-refractivity contribution in [2.75, 3.05) is 26.3 Å². The molecule has 2 fully saturated rings. The molecule has 0 unspecified atom stereocenters. The molecule has 9 heteroatoms. The molecule has 1 saturated heterocycles. The number of morpholine rings is 1. The maximum atomic E-state index is 12.7. The third kappa shape index (κ3) is 4.46. The number of amides is 1. The summed E-state index contributed by atoms with van der Waals surface area (Å²) >= 11 is 0. The predicted octanol–water partition coefficient (Wildman–Crippen LogP) is 2.15. The lowest BCUT2D eigenvalue weighted by molar-refractivity contribution is -0.117. The summed E-state index contributed by atoms with van der Waals surface area (Å²) in [6, 6.07) is 11.9. The molecule has 0 spiro atoms. The first-order valence-corrected chi connectivity index (χ1v) is 11.1. The molecule has 156 valence electrons. The number of carbonyl (C=O) groups excluding carboxylic acids is 1. The standard InChI is InChI=1S/C21H21N3O5S/c22-14-16(21(25)23-17-3-4-17)13-18-5-8-20(29-18)15-1-6-19(7-2-15)30(26,27)24-9-11-28-12-10-24/h1-2,5-8,13,17H,3-4,9-12H2,(H,23,25)/b16-13-. The highest BCUT2D eigenvalue weighted by Crippen LogP contribution is 2.26. The van der Waals surface area contributed by atoms with Gasteiger partial charge in [0.15, 0.2) is 0 Å². The molecule has 1 N–H and O–H groups in total. The fourth-order valence-corrected chi connectivity index (χ4v) is 4.50. The number of furan rings is 1. The summed E-state index contributed by atoms with van der Waals surface area (Å²) in [5.74, 6) is 0.476. The highest BCUT2D eigenvalue weighted by molar-refractivity contribution is 7.89. The van der Waals surface area contributed by atoms with Crippen molar-refractivity contribution in [2.45, 2.75) is 23.8 Å². The van der Waals surface area contributed by atoms with Gasteiger partial charge in [0.05, 0.1) is 18.1 Å². The van der Waals surface area contributed by atoms with Crippen LogP contribution in [0.4, 0.5) is 0 Å². The average Bonchev–Trinajstić information content (AvgIpc) is 3.46. The van der Waals surface area contributed by atoms with Crippen molar-refractivity contribution >= 4 is 22.0 Å². The zero-order valence-electron chi connectivity index (χ0n) is 16.2. The summed E-state index contributed by atoms with van der Waals surface area (Å²) in [5.41, 5.74) is 0.672. The Balaban J connectivity index is 1.50. The first-order chi connectivity index (χ1) is 14.5. The number of nitriles is 1. The van der Waals surface area contributed by atoms with Crippen LogP contribution in [-0.4, -0.2) is 51.0 Å². The summed E-state index contributed by atoms with van der Waals surface area (Å²) in [4.78, 5) is 12.3. The van der Waals surface area contributed by atoms with E-state index < -0.39 is 15.9 Å². The highest BCUT2D eigenvalue weighted by Gasteiger charge is 2.26. The molecule has 0 radical (unpaired) electrons. The minimum Gasteiger partial charge on any atom is -0.457 e. The van der Waals surface area contributed by atoms with Crippen molar-refractivity contribution in [1.29, 1.82) is 5.26 Å². The van der Waals surface area contributed by atoms with Gasteiger partial charge >= 0.3 is 0 Å². The van der Waals surface area contributed by atoms with Crippen LogP contribution in [0, 0.1) is 11.3 Å². The largest absolute Gasteiger partial charge is 0.457 e. The van der Waals surface area contributed by atoms with E-state index in [4.69, 9.17) is 9.15 Å². The van der Waals surface area contributed by atoms with Gasteiger partial charge in [0, 0.05) is 30.8 Å². The van der Waals surface area contributed by atoms with E-state index in [1.807, 2.05) is 6.07 Å². The maximum Gasteiger partial charge on any atom is 0.262 e. The molecule has 2 aromatic rings. The Morgan fingerprint density at radius 2 is 1.83 bits per heavy atom. The topological polar surface area (TPSA) is 113 Å². The molecule has 0 bridgehead atoms. The van der Waals surface area contributed by atoms with Gasteiger partial charge in [-0.05, 0) is 49.2 Å². The number of hydrogen-bond acceptors (Lipinski definition) is 6. The molecule has 8 nitrogen and oxygen atoms in total. The van der Waals surface area contributed by atoms with Crippen molar-refractivity contribution in [2.24, 2.45) is 0 Å². The third-order valence-corrected chi connectivity index (χ3v) is 6.85. The van der Waals surface area contributed by atoms with E-state index in [0.29, 0.717) is 43.4 Å². The molecule has 1 amide bonds. The Morgan fingerprint density at radius 3 is 2.47 bits per heavy atom. The van der Waals surface area contributed by atoms with Crippen LogP contribution in [0.15, 0.2) is 51.3 Å². The van der Waals surface area contributed by atoms with Crippen molar-refractivity contribution in [1.82, 2.24) is 9.62 Å². The van der Waals surface area contributed by atoms with Crippen LogP contribution >= 0.6 is 0 Å². The van der Waals surface area contributed by atoms with Crippen LogP contribution in [0.1, 0.15) is 18.6 Å². The van der Waals surface area contributed by atoms with Gasteiger partial charge in [-0.15, -0.1) is 0 Å². The number of carbonyl (C=O) groups is 1. The number of nitrogens with zero attached hydrogens (tertiary/aromatic N) is 2. The second kappa shape index (κ2) is 8.44. The minimum absolute atomic E-state index is 0.0187. The second-order valence-corrected chi connectivity index (χ2v) is 9.10. The molecular formula is C21H21N3O5S. The van der Waals surface area contributed by atoms with E-state index in [9.17, 15) is 18.5 Å². The Morgan fingerprint density at radius 1 is 1.13 bits per heavy atom. The molecule has 1 saturated carbocycles. The van der Waals surface area contributed by atoms with Gasteiger partial charge in [-0.2, -0.15) is 9.57 Å². The van der Waals surface area contributed by atoms with Crippen molar-refractivity contribution in [3.8, 4) is 17.4 Å². The molecule has 1 aromatic heterocycles. The molecule has 1 aliphatic carbocycles. The highest BCUT2D eigenvalue weighted by atomic mass is 32.2. The number of benzene rings is 1. The van der Waals surface area contributed by atoms with E-state index in [2.05, 4.69) is 5.32 Å². The van der Waals surface area contributed by atoms with Crippen molar-refractivity contribution in [3.63, 3.8) is 0 Å². The van der Waals surface area contributed by atoms with Crippen LogP contribution in [0.5, 0.6) is 0 Å². The Hall–Kier alpha value is -2.93.